The van der Waals surface area contributed by atoms with E-state index in [1.165, 1.54) is 5.56 Å². The second-order valence-corrected chi connectivity index (χ2v) is 4.45. The summed E-state index contributed by atoms with van der Waals surface area (Å²) in [5.74, 6) is 0.671. The van der Waals surface area contributed by atoms with E-state index in [9.17, 15) is 0 Å². The van der Waals surface area contributed by atoms with Gasteiger partial charge in [-0.2, -0.15) is 0 Å². The second-order valence-electron chi connectivity index (χ2n) is 4.45. The third-order valence-electron chi connectivity index (χ3n) is 2.44. The Morgan fingerprint density at radius 1 is 1.12 bits per heavy atom. The van der Waals surface area contributed by atoms with Crippen molar-refractivity contribution in [3.05, 3.63) is 48.0 Å². The predicted molar refractivity (Wildman–Crippen MR) is 71.6 cm³/mol. The number of hydrogen-bond acceptors (Lipinski definition) is 1. The van der Waals surface area contributed by atoms with Gasteiger partial charge in [-0.1, -0.05) is 56.3 Å². The minimum absolute atomic E-state index is 0.671. The van der Waals surface area contributed by atoms with E-state index in [2.05, 4.69) is 61.6 Å². The molecule has 0 heterocycles. The molecule has 0 aliphatic heterocycles. The Morgan fingerprint density at radius 2 is 1.88 bits per heavy atom. The van der Waals surface area contributed by atoms with Gasteiger partial charge in [-0.05, 0) is 37.4 Å². The lowest BCUT2D eigenvalue weighted by Gasteiger charge is -2.03. The third-order valence-corrected chi connectivity index (χ3v) is 2.44. The van der Waals surface area contributed by atoms with Gasteiger partial charge in [0.2, 0.25) is 0 Å². The molecule has 0 bridgehead atoms. The third kappa shape index (κ3) is 6.41. The Balaban J connectivity index is 2.00. The quantitative estimate of drug-likeness (QED) is 0.545. The molecule has 0 aliphatic carbocycles. The SMILES string of the molecule is CC(C)/C=C/CCNCCc1ccccc1. The van der Waals surface area contributed by atoms with E-state index in [0.29, 0.717) is 5.92 Å². The number of rotatable bonds is 7. The normalized spacial score (nSPS) is 11.4. The van der Waals surface area contributed by atoms with Crippen molar-refractivity contribution < 1.29 is 0 Å². The summed E-state index contributed by atoms with van der Waals surface area (Å²) >= 11 is 0. The van der Waals surface area contributed by atoms with Crippen molar-refractivity contribution in [3.63, 3.8) is 0 Å². The van der Waals surface area contributed by atoms with Crippen molar-refractivity contribution in [2.24, 2.45) is 5.92 Å². The van der Waals surface area contributed by atoms with Gasteiger partial charge in [-0.15, -0.1) is 0 Å². The molecule has 1 heteroatoms. The fraction of sp³-hybridized carbons (Fsp3) is 0.467. The van der Waals surface area contributed by atoms with Crippen LogP contribution in [0.15, 0.2) is 42.5 Å². The van der Waals surface area contributed by atoms with Crippen molar-refractivity contribution >= 4 is 0 Å². The van der Waals surface area contributed by atoms with Crippen LogP contribution < -0.4 is 5.32 Å². The van der Waals surface area contributed by atoms with Gasteiger partial charge in [0.15, 0.2) is 0 Å². The van der Waals surface area contributed by atoms with Crippen molar-refractivity contribution in [2.75, 3.05) is 13.1 Å². The van der Waals surface area contributed by atoms with E-state index in [4.69, 9.17) is 0 Å². The van der Waals surface area contributed by atoms with E-state index in [-0.39, 0.29) is 0 Å². The Labute approximate surface area is 99.6 Å². The minimum atomic E-state index is 0.671. The van der Waals surface area contributed by atoms with Gasteiger partial charge in [-0.3, -0.25) is 0 Å². The summed E-state index contributed by atoms with van der Waals surface area (Å²) in [6.07, 6.45) is 6.78. The molecular formula is C15H23N. The molecule has 1 aromatic rings. The summed E-state index contributed by atoms with van der Waals surface area (Å²) in [6.45, 7) is 6.56. The number of nitrogens with one attached hydrogen (secondary N) is 1. The summed E-state index contributed by atoms with van der Waals surface area (Å²) in [5.41, 5.74) is 1.41. The molecule has 88 valence electrons. The molecule has 16 heavy (non-hydrogen) atoms. The summed E-state index contributed by atoms with van der Waals surface area (Å²) < 4.78 is 0. The Morgan fingerprint density at radius 3 is 2.56 bits per heavy atom. The second kappa shape index (κ2) is 8.12. The summed E-state index contributed by atoms with van der Waals surface area (Å²) in [6, 6.07) is 10.6. The van der Waals surface area contributed by atoms with Gasteiger partial charge in [0, 0.05) is 0 Å². The molecule has 1 N–H and O–H groups in total. The monoisotopic (exact) mass is 217 g/mol. The zero-order valence-corrected chi connectivity index (χ0v) is 10.4. The van der Waals surface area contributed by atoms with E-state index in [0.717, 1.165) is 25.9 Å². The maximum Gasteiger partial charge on any atom is -0.000823 e. The molecule has 0 spiro atoms. The molecule has 0 saturated carbocycles. The van der Waals surface area contributed by atoms with Crippen LogP contribution in [0.2, 0.25) is 0 Å². The van der Waals surface area contributed by atoms with E-state index in [1.807, 2.05) is 0 Å². The van der Waals surface area contributed by atoms with Gasteiger partial charge in [0.05, 0.1) is 0 Å². The van der Waals surface area contributed by atoms with Crippen molar-refractivity contribution in [2.45, 2.75) is 26.7 Å². The lowest BCUT2D eigenvalue weighted by Crippen LogP contribution is -2.17. The van der Waals surface area contributed by atoms with E-state index < -0.39 is 0 Å². The average molecular weight is 217 g/mol. The Hall–Kier alpha value is -1.08. The van der Waals surface area contributed by atoms with Crippen molar-refractivity contribution in [3.8, 4) is 0 Å². The number of allylic oxidation sites excluding steroid dienone is 1. The van der Waals surface area contributed by atoms with Crippen LogP contribution in [0.5, 0.6) is 0 Å². The van der Waals surface area contributed by atoms with Gasteiger partial charge < -0.3 is 5.32 Å². The molecule has 1 nitrogen and oxygen atoms in total. The first-order chi connectivity index (χ1) is 7.79. The smallest absolute Gasteiger partial charge is 0.000823 e. The van der Waals surface area contributed by atoms with Gasteiger partial charge in [-0.25, -0.2) is 0 Å². The van der Waals surface area contributed by atoms with Crippen LogP contribution in [0.1, 0.15) is 25.8 Å². The van der Waals surface area contributed by atoms with Crippen molar-refractivity contribution in [1.82, 2.24) is 5.32 Å². The number of hydrogen-bond donors (Lipinski definition) is 1. The molecule has 1 rings (SSSR count). The molecule has 0 radical (unpaired) electrons. The zero-order chi connectivity index (χ0) is 11.6. The number of benzene rings is 1. The summed E-state index contributed by atoms with van der Waals surface area (Å²) in [7, 11) is 0. The molecular weight excluding hydrogens is 194 g/mol. The first-order valence-electron chi connectivity index (χ1n) is 6.20. The topological polar surface area (TPSA) is 12.0 Å². The zero-order valence-electron chi connectivity index (χ0n) is 10.4. The van der Waals surface area contributed by atoms with Crippen LogP contribution in [-0.2, 0) is 6.42 Å². The predicted octanol–water partition coefficient (Wildman–Crippen LogP) is 3.42. The highest BCUT2D eigenvalue weighted by atomic mass is 14.8. The van der Waals surface area contributed by atoms with Crippen LogP contribution in [0, 0.1) is 5.92 Å². The van der Waals surface area contributed by atoms with Crippen LogP contribution in [0.25, 0.3) is 0 Å². The van der Waals surface area contributed by atoms with Crippen LogP contribution in [-0.4, -0.2) is 13.1 Å². The fourth-order valence-corrected chi connectivity index (χ4v) is 1.56. The summed E-state index contributed by atoms with van der Waals surface area (Å²) in [4.78, 5) is 0. The first-order valence-corrected chi connectivity index (χ1v) is 6.20. The van der Waals surface area contributed by atoms with E-state index in [1.54, 1.807) is 0 Å². The molecule has 0 aliphatic rings. The van der Waals surface area contributed by atoms with Crippen LogP contribution in [0.4, 0.5) is 0 Å². The summed E-state index contributed by atoms with van der Waals surface area (Å²) in [5, 5.41) is 3.46. The molecule has 0 unspecified atom stereocenters. The highest BCUT2D eigenvalue weighted by molar-refractivity contribution is 5.14. The molecule has 0 aromatic heterocycles. The lowest BCUT2D eigenvalue weighted by atomic mass is 10.1. The molecule has 0 fully saturated rings. The minimum Gasteiger partial charge on any atom is -0.316 e. The molecule has 1 aromatic carbocycles. The average Bonchev–Trinajstić information content (AvgIpc) is 2.29. The highest BCUT2D eigenvalue weighted by Crippen LogP contribution is 1.98. The maximum absolute atomic E-state index is 3.46. The largest absolute Gasteiger partial charge is 0.316 e. The van der Waals surface area contributed by atoms with Crippen LogP contribution >= 0.6 is 0 Å². The Bertz CT molecular complexity index is 288. The van der Waals surface area contributed by atoms with E-state index >= 15 is 0 Å². The Kier molecular flexibility index (Phi) is 6.59. The standard InChI is InChI=1S/C15H23N/c1-14(2)8-6-7-12-16-13-11-15-9-4-3-5-10-15/h3-6,8-10,14,16H,7,11-13H2,1-2H3/b8-6+. The van der Waals surface area contributed by atoms with Crippen LogP contribution in [0.3, 0.4) is 0 Å². The highest BCUT2D eigenvalue weighted by Gasteiger charge is 1.90. The fourth-order valence-electron chi connectivity index (χ4n) is 1.56. The molecule has 0 saturated heterocycles. The molecule has 0 atom stereocenters. The molecule has 0 amide bonds. The van der Waals surface area contributed by atoms with Gasteiger partial charge in [0.25, 0.3) is 0 Å². The lowest BCUT2D eigenvalue weighted by molar-refractivity contribution is 0.686. The van der Waals surface area contributed by atoms with Crippen molar-refractivity contribution in [1.29, 1.82) is 0 Å². The van der Waals surface area contributed by atoms with Gasteiger partial charge >= 0.3 is 0 Å². The first kappa shape index (κ1) is 13.0. The van der Waals surface area contributed by atoms with Gasteiger partial charge in [0.1, 0.15) is 0 Å². The maximum atomic E-state index is 3.46.